The van der Waals surface area contributed by atoms with Gasteiger partial charge in [-0.3, -0.25) is 4.79 Å². The van der Waals surface area contributed by atoms with Gasteiger partial charge in [-0.1, -0.05) is 25.9 Å². The predicted octanol–water partition coefficient (Wildman–Crippen LogP) is 4.10. The molecule has 28 heavy (non-hydrogen) atoms. The van der Waals surface area contributed by atoms with Gasteiger partial charge in [0.2, 0.25) is 5.75 Å². The lowest BCUT2D eigenvalue weighted by Crippen LogP contribution is -2.27. The molecule has 0 radical (unpaired) electrons. The lowest BCUT2D eigenvalue weighted by molar-refractivity contribution is 0.101. The van der Waals surface area contributed by atoms with Crippen LogP contribution in [0.1, 0.15) is 49.0 Å². The summed E-state index contributed by atoms with van der Waals surface area (Å²) >= 11 is 0. The number of aromatic nitrogens is 1. The maximum atomic E-state index is 12.9. The molecule has 1 atom stereocenters. The van der Waals surface area contributed by atoms with Crippen molar-refractivity contribution in [3.05, 3.63) is 29.2 Å². The Morgan fingerprint density at radius 3 is 2.32 bits per heavy atom. The number of methoxy groups -OCH3 is 3. The molecule has 1 aromatic heterocycles. The van der Waals surface area contributed by atoms with Gasteiger partial charge in [-0.2, -0.15) is 0 Å². The summed E-state index contributed by atoms with van der Waals surface area (Å²) in [4.78, 5) is 12.9. The van der Waals surface area contributed by atoms with Crippen molar-refractivity contribution >= 4 is 11.6 Å². The first-order valence-corrected chi connectivity index (χ1v) is 9.37. The van der Waals surface area contributed by atoms with Crippen LogP contribution in [0.3, 0.4) is 0 Å². The molecule has 0 spiro atoms. The third-order valence-electron chi connectivity index (χ3n) is 5.40. The van der Waals surface area contributed by atoms with Gasteiger partial charge in [0.05, 0.1) is 21.3 Å². The van der Waals surface area contributed by atoms with E-state index < -0.39 is 0 Å². The quantitative estimate of drug-likeness (QED) is 0.830. The van der Waals surface area contributed by atoms with Crippen LogP contribution in [0.2, 0.25) is 0 Å². The molecule has 0 bridgehead atoms. The number of benzene rings is 1. The van der Waals surface area contributed by atoms with Crippen LogP contribution in [0, 0.1) is 11.3 Å². The highest BCUT2D eigenvalue weighted by atomic mass is 16.5. The van der Waals surface area contributed by atoms with E-state index in [1.165, 1.54) is 21.3 Å². The van der Waals surface area contributed by atoms with E-state index >= 15 is 0 Å². The minimum Gasteiger partial charge on any atom is -0.493 e. The summed E-state index contributed by atoms with van der Waals surface area (Å²) < 4.78 is 21.5. The number of ether oxygens (including phenoxy) is 3. The number of hydrogen-bond donors (Lipinski definition) is 1. The molecule has 0 saturated heterocycles. The topological polar surface area (TPSA) is 82.8 Å². The number of carbonyl (C=O) groups excluding carboxylic acids is 1. The molecule has 7 heteroatoms. The Morgan fingerprint density at radius 2 is 1.79 bits per heavy atom. The number of rotatable bonds is 5. The Morgan fingerprint density at radius 1 is 1.14 bits per heavy atom. The second-order valence-electron chi connectivity index (χ2n) is 8.11. The summed E-state index contributed by atoms with van der Waals surface area (Å²) in [5.41, 5.74) is 1.95. The van der Waals surface area contributed by atoms with Gasteiger partial charge in [0.1, 0.15) is 5.76 Å². The maximum Gasteiger partial charge on any atom is 0.278 e. The van der Waals surface area contributed by atoms with Gasteiger partial charge in [-0.05, 0) is 24.2 Å². The second kappa shape index (κ2) is 7.73. The Kier molecular flexibility index (Phi) is 5.54. The Bertz CT molecular complexity index is 841. The van der Waals surface area contributed by atoms with Gasteiger partial charge < -0.3 is 24.1 Å². The number of carbonyl (C=O) groups is 1. The molecule has 3 rings (SSSR count). The highest BCUT2D eigenvalue weighted by Gasteiger charge is 2.34. The van der Waals surface area contributed by atoms with E-state index in [-0.39, 0.29) is 11.3 Å². The molecule has 2 aromatic rings. The molecule has 0 saturated carbocycles. The normalized spacial score (nSPS) is 16.3. The predicted molar refractivity (Wildman–Crippen MR) is 106 cm³/mol. The van der Waals surface area contributed by atoms with E-state index in [4.69, 9.17) is 18.7 Å². The minimum absolute atomic E-state index is 0.166. The van der Waals surface area contributed by atoms with E-state index in [2.05, 4.69) is 31.2 Å². The highest BCUT2D eigenvalue weighted by Crippen LogP contribution is 2.41. The SMILES string of the molecule is COc1cc(NC(=O)c2noc3c2C[C@H](C(C)(C)C)CC3)cc(OC)c1OC. The summed E-state index contributed by atoms with van der Waals surface area (Å²) in [6.45, 7) is 6.68. The monoisotopic (exact) mass is 388 g/mol. The average molecular weight is 388 g/mol. The van der Waals surface area contributed by atoms with E-state index in [1.54, 1.807) is 12.1 Å². The van der Waals surface area contributed by atoms with Crippen LogP contribution < -0.4 is 19.5 Å². The number of nitrogens with zero attached hydrogens (tertiary/aromatic N) is 1. The lowest BCUT2D eigenvalue weighted by atomic mass is 9.71. The Labute approximate surface area is 165 Å². The maximum absolute atomic E-state index is 12.9. The van der Waals surface area contributed by atoms with Crippen molar-refractivity contribution in [1.82, 2.24) is 5.16 Å². The van der Waals surface area contributed by atoms with Crippen LogP contribution in [0.4, 0.5) is 5.69 Å². The van der Waals surface area contributed by atoms with Gasteiger partial charge in [-0.15, -0.1) is 0 Å². The van der Waals surface area contributed by atoms with E-state index in [0.29, 0.717) is 34.5 Å². The van der Waals surface area contributed by atoms with E-state index in [0.717, 1.165) is 30.6 Å². The minimum atomic E-state index is -0.311. The molecule has 1 aromatic carbocycles. The fourth-order valence-electron chi connectivity index (χ4n) is 3.67. The Hall–Kier alpha value is -2.70. The zero-order valence-corrected chi connectivity index (χ0v) is 17.3. The summed E-state index contributed by atoms with van der Waals surface area (Å²) in [6.07, 6.45) is 2.64. The summed E-state index contributed by atoms with van der Waals surface area (Å²) in [6, 6.07) is 3.37. The molecule has 1 aliphatic rings. The molecule has 1 aliphatic carbocycles. The first-order chi connectivity index (χ1) is 13.3. The van der Waals surface area contributed by atoms with Crippen molar-refractivity contribution in [2.75, 3.05) is 26.6 Å². The van der Waals surface area contributed by atoms with Crippen molar-refractivity contribution in [1.29, 1.82) is 0 Å². The summed E-state index contributed by atoms with van der Waals surface area (Å²) in [7, 11) is 4.60. The standard InChI is InChI=1S/C21H28N2O5/c1-21(2,3)12-7-8-15-14(9-12)18(23-28-15)20(24)22-13-10-16(25-4)19(27-6)17(11-13)26-5/h10-12H,7-9H2,1-6H3,(H,22,24)/t12-/m1/s1. The van der Waals surface area contributed by atoms with Gasteiger partial charge in [0, 0.05) is 29.8 Å². The molecule has 0 fully saturated rings. The fourth-order valence-corrected chi connectivity index (χ4v) is 3.67. The number of fused-ring (bicyclic) bond motifs is 1. The smallest absolute Gasteiger partial charge is 0.278 e. The fraction of sp³-hybridized carbons (Fsp3) is 0.524. The molecule has 0 aliphatic heterocycles. The molecule has 1 heterocycles. The molecular formula is C21H28N2O5. The molecule has 1 amide bonds. The van der Waals surface area contributed by atoms with Crippen LogP contribution >= 0.6 is 0 Å². The zero-order chi connectivity index (χ0) is 20.5. The van der Waals surface area contributed by atoms with Gasteiger partial charge >= 0.3 is 0 Å². The molecule has 7 nitrogen and oxygen atoms in total. The van der Waals surface area contributed by atoms with E-state index in [9.17, 15) is 4.79 Å². The van der Waals surface area contributed by atoms with Gasteiger partial charge in [0.25, 0.3) is 5.91 Å². The van der Waals surface area contributed by atoms with E-state index in [1.807, 2.05) is 0 Å². The van der Waals surface area contributed by atoms with Crippen LogP contribution in [0.15, 0.2) is 16.7 Å². The number of aryl methyl sites for hydroxylation is 1. The highest BCUT2D eigenvalue weighted by molar-refractivity contribution is 6.04. The van der Waals surface area contributed by atoms with Crippen molar-refractivity contribution in [3.63, 3.8) is 0 Å². The van der Waals surface area contributed by atoms with Crippen molar-refractivity contribution in [2.45, 2.75) is 40.0 Å². The first-order valence-electron chi connectivity index (χ1n) is 9.37. The number of nitrogens with one attached hydrogen (secondary N) is 1. The largest absolute Gasteiger partial charge is 0.493 e. The summed E-state index contributed by atoms with van der Waals surface area (Å²) in [5.74, 6) is 2.38. The first kappa shape index (κ1) is 20.0. The van der Waals surface area contributed by atoms with Gasteiger partial charge in [-0.25, -0.2) is 0 Å². The lowest BCUT2D eigenvalue weighted by Gasteiger charge is -2.33. The van der Waals surface area contributed by atoms with Crippen molar-refractivity contribution in [2.24, 2.45) is 11.3 Å². The average Bonchev–Trinajstić information content (AvgIpc) is 3.09. The van der Waals surface area contributed by atoms with Crippen molar-refractivity contribution < 1.29 is 23.5 Å². The van der Waals surface area contributed by atoms with Crippen molar-refractivity contribution in [3.8, 4) is 17.2 Å². The van der Waals surface area contributed by atoms with Crippen LogP contribution in [0.25, 0.3) is 0 Å². The molecular weight excluding hydrogens is 360 g/mol. The second-order valence-corrected chi connectivity index (χ2v) is 8.11. The third-order valence-corrected chi connectivity index (χ3v) is 5.40. The van der Waals surface area contributed by atoms with Crippen LogP contribution in [-0.4, -0.2) is 32.4 Å². The number of amides is 1. The molecule has 1 N–H and O–H groups in total. The molecule has 0 unspecified atom stereocenters. The van der Waals surface area contributed by atoms with Crippen LogP contribution in [0.5, 0.6) is 17.2 Å². The van der Waals surface area contributed by atoms with Crippen LogP contribution in [-0.2, 0) is 12.8 Å². The Balaban J connectivity index is 1.87. The third kappa shape index (κ3) is 3.79. The molecule has 152 valence electrons. The van der Waals surface area contributed by atoms with Gasteiger partial charge in [0.15, 0.2) is 17.2 Å². The number of anilines is 1. The summed E-state index contributed by atoms with van der Waals surface area (Å²) in [5, 5.41) is 6.93. The zero-order valence-electron chi connectivity index (χ0n) is 17.3. The number of hydrogen-bond acceptors (Lipinski definition) is 6.